The lowest BCUT2D eigenvalue weighted by Crippen LogP contribution is -2.23. The molecular formula is C20H18N4O4. The highest BCUT2D eigenvalue weighted by Gasteiger charge is 2.17. The first-order chi connectivity index (χ1) is 13.6. The van der Waals surface area contributed by atoms with Crippen LogP contribution < -0.4 is 20.1 Å². The summed E-state index contributed by atoms with van der Waals surface area (Å²) in [6, 6.07) is 16.3. The molecule has 1 aliphatic rings. The minimum atomic E-state index is -0.348. The molecule has 0 saturated heterocycles. The average Bonchev–Trinajstić information content (AvgIpc) is 3.33. The molecule has 3 aromatic rings. The van der Waals surface area contributed by atoms with Crippen LogP contribution in [0.25, 0.3) is 5.69 Å². The second-order valence-electron chi connectivity index (χ2n) is 6.21. The maximum Gasteiger partial charge on any atom is 0.272 e. The van der Waals surface area contributed by atoms with Gasteiger partial charge in [0.15, 0.2) is 17.2 Å². The van der Waals surface area contributed by atoms with Crippen molar-refractivity contribution in [2.45, 2.75) is 13.5 Å². The fraction of sp³-hybridized carbons (Fsp3) is 0.150. The van der Waals surface area contributed by atoms with Gasteiger partial charge in [0.25, 0.3) is 5.91 Å². The number of hydrogen-bond donors (Lipinski definition) is 2. The Kier molecular flexibility index (Phi) is 4.67. The second kappa shape index (κ2) is 7.43. The van der Waals surface area contributed by atoms with Crippen LogP contribution in [0.1, 0.15) is 23.0 Å². The zero-order chi connectivity index (χ0) is 19.5. The number of benzene rings is 2. The topological polar surface area (TPSA) is 94.5 Å². The van der Waals surface area contributed by atoms with Gasteiger partial charge >= 0.3 is 0 Å². The van der Waals surface area contributed by atoms with Crippen LogP contribution in [-0.4, -0.2) is 28.4 Å². The van der Waals surface area contributed by atoms with Crippen LogP contribution >= 0.6 is 0 Å². The Bertz CT molecular complexity index is 1030. The van der Waals surface area contributed by atoms with Crippen molar-refractivity contribution in [3.05, 3.63) is 65.9 Å². The molecule has 28 heavy (non-hydrogen) atoms. The number of fused-ring (bicyclic) bond motifs is 1. The van der Waals surface area contributed by atoms with Crippen molar-refractivity contribution in [1.29, 1.82) is 0 Å². The molecule has 0 aliphatic carbocycles. The number of anilines is 1. The lowest BCUT2D eigenvalue weighted by atomic mass is 10.2. The molecular weight excluding hydrogens is 360 g/mol. The molecule has 8 heteroatoms. The summed E-state index contributed by atoms with van der Waals surface area (Å²) < 4.78 is 12.2. The Morgan fingerprint density at radius 2 is 1.86 bits per heavy atom. The van der Waals surface area contributed by atoms with Crippen molar-refractivity contribution >= 4 is 17.6 Å². The summed E-state index contributed by atoms with van der Waals surface area (Å²) in [6.07, 6.45) is 0. The van der Waals surface area contributed by atoms with Gasteiger partial charge in [0.1, 0.15) is 5.82 Å². The Hall–Kier alpha value is -3.81. The minimum Gasteiger partial charge on any atom is -0.454 e. The molecule has 0 bridgehead atoms. The first kappa shape index (κ1) is 17.6. The molecule has 0 radical (unpaired) electrons. The SMILES string of the molecule is CC(=O)Nc1cc(C(=O)NCc2ccc3c(c2)OCO3)nn1-c1ccccc1. The van der Waals surface area contributed by atoms with E-state index >= 15 is 0 Å². The predicted octanol–water partition coefficient (Wildman–Crippen LogP) is 2.49. The van der Waals surface area contributed by atoms with E-state index < -0.39 is 0 Å². The molecule has 0 saturated carbocycles. The summed E-state index contributed by atoms with van der Waals surface area (Å²) in [5.41, 5.74) is 1.82. The van der Waals surface area contributed by atoms with Gasteiger partial charge in [-0.2, -0.15) is 5.10 Å². The van der Waals surface area contributed by atoms with Crippen LogP contribution in [0.15, 0.2) is 54.6 Å². The summed E-state index contributed by atoms with van der Waals surface area (Å²) in [5, 5.41) is 9.88. The average molecular weight is 378 g/mol. The lowest BCUT2D eigenvalue weighted by molar-refractivity contribution is -0.114. The monoisotopic (exact) mass is 378 g/mol. The molecule has 1 aromatic heterocycles. The van der Waals surface area contributed by atoms with Crippen LogP contribution in [0.2, 0.25) is 0 Å². The van der Waals surface area contributed by atoms with E-state index in [4.69, 9.17) is 9.47 Å². The van der Waals surface area contributed by atoms with E-state index in [2.05, 4.69) is 15.7 Å². The highest BCUT2D eigenvalue weighted by molar-refractivity contribution is 5.95. The van der Waals surface area contributed by atoms with Crippen molar-refractivity contribution in [1.82, 2.24) is 15.1 Å². The van der Waals surface area contributed by atoms with Gasteiger partial charge in [-0.15, -0.1) is 0 Å². The van der Waals surface area contributed by atoms with Gasteiger partial charge in [0, 0.05) is 19.5 Å². The molecule has 2 N–H and O–H groups in total. The van der Waals surface area contributed by atoms with Crippen molar-refractivity contribution in [2.75, 3.05) is 12.1 Å². The number of amides is 2. The molecule has 8 nitrogen and oxygen atoms in total. The number of hydrogen-bond acceptors (Lipinski definition) is 5. The van der Waals surface area contributed by atoms with E-state index in [9.17, 15) is 9.59 Å². The molecule has 0 fully saturated rings. The molecule has 2 heterocycles. The summed E-state index contributed by atoms with van der Waals surface area (Å²) in [4.78, 5) is 24.1. The highest BCUT2D eigenvalue weighted by Crippen LogP contribution is 2.32. The molecule has 4 rings (SSSR count). The third-order valence-electron chi connectivity index (χ3n) is 4.14. The van der Waals surface area contributed by atoms with Gasteiger partial charge in [-0.05, 0) is 29.8 Å². The number of aromatic nitrogens is 2. The lowest BCUT2D eigenvalue weighted by Gasteiger charge is -2.06. The molecule has 0 atom stereocenters. The fourth-order valence-electron chi connectivity index (χ4n) is 2.85. The van der Waals surface area contributed by atoms with Crippen LogP contribution in [0.3, 0.4) is 0 Å². The third kappa shape index (κ3) is 3.66. The number of carbonyl (C=O) groups is 2. The van der Waals surface area contributed by atoms with Gasteiger partial charge in [-0.25, -0.2) is 4.68 Å². The number of nitrogens with zero attached hydrogens (tertiary/aromatic N) is 2. The Morgan fingerprint density at radius 1 is 1.07 bits per heavy atom. The van der Waals surface area contributed by atoms with E-state index in [0.29, 0.717) is 23.9 Å². The smallest absolute Gasteiger partial charge is 0.272 e. The molecule has 2 amide bonds. The third-order valence-corrected chi connectivity index (χ3v) is 4.14. The maximum atomic E-state index is 12.6. The number of nitrogens with one attached hydrogen (secondary N) is 2. The molecule has 0 unspecified atom stereocenters. The second-order valence-corrected chi connectivity index (χ2v) is 6.21. The molecule has 2 aromatic carbocycles. The Balaban J connectivity index is 1.52. The van der Waals surface area contributed by atoms with E-state index in [0.717, 1.165) is 11.3 Å². The van der Waals surface area contributed by atoms with Gasteiger partial charge in [0.05, 0.1) is 5.69 Å². The van der Waals surface area contributed by atoms with E-state index in [-0.39, 0.29) is 24.3 Å². The van der Waals surface area contributed by atoms with Gasteiger partial charge in [0.2, 0.25) is 12.7 Å². The van der Waals surface area contributed by atoms with Gasteiger partial charge < -0.3 is 20.1 Å². The normalized spacial score (nSPS) is 11.9. The summed E-state index contributed by atoms with van der Waals surface area (Å²) in [7, 11) is 0. The zero-order valence-electron chi connectivity index (χ0n) is 15.1. The van der Waals surface area contributed by atoms with E-state index in [1.165, 1.54) is 11.6 Å². The maximum absolute atomic E-state index is 12.6. The largest absolute Gasteiger partial charge is 0.454 e. The summed E-state index contributed by atoms with van der Waals surface area (Å²) in [5.74, 6) is 1.18. The standard InChI is InChI=1S/C20H18N4O4/c1-13(25)22-19-10-16(23-24(19)15-5-3-2-4-6-15)20(26)21-11-14-7-8-17-18(9-14)28-12-27-17/h2-10H,11-12H2,1H3,(H,21,26)(H,22,25). The first-order valence-corrected chi connectivity index (χ1v) is 8.70. The number of ether oxygens (including phenoxy) is 2. The number of carbonyl (C=O) groups excluding carboxylic acids is 2. The van der Waals surface area contributed by atoms with Crippen LogP contribution in [0.4, 0.5) is 5.82 Å². The summed E-state index contributed by atoms with van der Waals surface area (Å²) >= 11 is 0. The van der Waals surface area contributed by atoms with Crippen LogP contribution in [-0.2, 0) is 11.3 Å². The predicted molar refractivity (Wildman–Crippen MR) is 102 cm³/mol. The quantitative estimate of drug-likeness (QED) is 0.711. The fourth-order valence-corrected chi connectivity index (χ4v) is 2.85. The van der Waals surface area contributed by atoms with Gasteiger partial charge in [-0.1, -0.05) is 24.3 Å². The molecule has 0 spiro atoms. The van der Waals surface area contributed by atoms with E-state index in [1.807, 2.05) is 48.5 Å². The number of rotatable bonds is 5. The molecule has 1 aliphatic heterocycles. The minimum absolute atomic E-state index is 0.202. The summed E-state index contributed by atoms with van der Waals surface area (Å²) in [6.45, 7) is 1.92. The van der Waals surface area contributed by atoms with Crippen molar-refractivity contribution < 1.29 is 19.1 Å². The van der Waals surface area contributed by atoms with Crippen molar-refractivity contribution in [3.8, 4) is 17.2 Å². The van der Waals surface area contributed by atoms with Crippen LogP contribution in [0, 0.1) is 0 Å². The van der Waals surface area contributed by atoms with Crippen LogP contribution in [0.5, 0.6) is 11.5 Å². The Labute approximate surface area is 161 Å². The first-order valence-electron chi connectivity index (χ1n) is 8.70. The highest BCUT2D eigenvalue weighted by atomic mass is 16.7. The Morgan fingerprint density at radius 3 is 2.64 bits per heavy atom. The molecule has 142 valence electrons. The number of para-hydroxylation sites is 1. The van der Waals surface area contributed by atoms with E-state index in [1.54, 1.807) is 6.07 Å². The zero-order valence-corrected chi connectivity index (χ0v) is 15.1. The van der Waals surface area contributed by atoms with Crippen molar-refractivity contribution in [2.24, 2.45) is 0 Å². The van der Waals surface area contributed by atoms with Crippen molar-refractivity contribution in [3.63, 3.8) is 0 Å². The van der Waals surface area contributed by atoms with Gasteiger partial charge in [-0.3, -0.25) is 9.59 Å².